The molecule has 1 unspecified atom stereocenters. The van der Waals surface area contributed by atoms with Gasteiger partial charge in [0.15, 0.2) is 0 Å². The highest BCUT2D eigenvalue weighted by molar-refractivity contribution is 9.10. The fraction of sp³-hybridized carbons (Fsp3) is 0.357. The topological polar surface area (TPSA) is 33.1 Å². The van der Waals surface area contributed by atoms with E-state index in [1.807, 2.05) is 31.2 Å². The maximum absolute atomic E-state index is 10.1. The lowest BCUT2D eigenvalue weighted by Crippen LogP contribution is -2.14. The molecule has 0 spiro atoms. The summed E-state index contributed by atoms with van der Waals surface area (Å²) in [6.45, 7) is 4.08. The van der Waals surface area contributed by atoms with Crippen molar-refractivity contribution in [2.24, 2.45) is 0 Å². The molecule has 4 heteroatoms. The Balaban J connectivity index is 2.01. The van der Waals surface area contributed by atoms with Crippen molar-refractivity contribution >= 4 is 27.3 Å². The number of aryl methyl sites for hydroxylation is 2. The summed E-state index contributed by atoms with van der Waals surface area (Å²) in [6.07, 6.45) is 0.897. The Kier molecular flexibility index (Phi) is 4.54. The van der Waals surface area contributed by atoms with Crippen molar-refractivity contribution in [2.75, 3.05) is 0 Å². The van der Waals surface area contributed by atoms with E-state index in [-0.39, 0.29) is 6.10 Å². The van der Waals surface area contributed by atoms with E-state index in [4.69, 9.17) is 0 Å². The van der Waals surface area contributed by atoms with Crippen LogP contribution in [0.3, 0.4) is 0 Å². The van der Waals surface area contributed by atoms with E-state index in [9.17, 15) is 5.11 Å². The van der Waals surface area contributed by atoms with Gasteiger partial charge in [-0.3, -0.25) is 0 Å². The maximum Gasteiger partial charge on any atom is 0.0956 e. The molecule has 0 fully saturated rings. The van der Waals surface area contributed by atoms with E-state index in [0.717, 1.165) is 20.7 Å². The van der Waals surface area contributed by atoms with Crippen LogP contribution in [0.4, 0.5) is 0 Å². The molecule has 96 valence electrons. The van der Waals surface area contributed by atoms with Crippen molar-refractivity contribution in [1.82, 2.24) is 4.98 Å². The molecule has 18 heavy (non-hydrogen) atoms. The largest absolute Gasteiger partial charge is 0.392 e. The van der Waals surface area contributed by atoms with Crippen LogP contribution >= 0.6 is 27.3 Å². The van der Waals surface area contributed by atoms with Gasteiger partial charge >= 0.3 is 0 Å². The van der Waals surface area contributed by atoms with Gasteiger partial charge in [-0.25, -0.2) is 4.98 Å². The molecule has 0 bridgehead atoms. The van der Waals surface area contributed by atoms with E-state index in [0.29, 0.717) is 12.8 Å². The Morgan fingerprint density at radius 2 is 2.00 bits per heavy atom. The van der Waals surface area contributed by atoms with Crippen LogP contribution in [0.25, 0.3) is 0 Å². The number of hydrogen-bond acceptors (Lipinski definition) is 3. The van der Waals surface area contributed by atoms with Gasteiger partial charge in [0.1, 0.15) is 0 Å². The highest BCUT2D eigenvalue weighted by Crippen LogP contribution is 2.21. The van der Waals surface area contributed by atoms with Gasteiger partial charge in [-0.2, -0.15) is 0 Å². The summed E-state index contributed by atoms with van der Waals surface area (Å²) in [6, 6.07) is 8.00. The van der Waals surface area contributed by atoms with Crippen molar-refractivity contribution in [3.63, 3.8) is 0 Å². The second-order valence-electron chi connectivity index (χ2n) is 4.40. The summed E-state index contributed by atoms with van der Waals surface area (Å²) in [7, 11) is 0. The SMILES string of the molecule is Cc1nc(CC(O)Cc2ccccc2Br)sc1C. The number of halogens is 1. The molecule has 1 atom stereocenters. The standard InChI is InChI=1S/C14H16BrNOS/c1-9-10(2)18-14(16-9)8-12(17)7-11-5-3-4-6-13(11)15/h3-6,12,17H,7-8H2,1-2H3. The average Bonchev–Trinajstić information content (AvgIpc) is 2.61. The lowest BCUT2D eigenvalue weighted by molar-refractivity contribution is 0.175. The van der Waals surface area contributed by atoms with Gasteiger partial charge < -0.3 is 5.11 Å². The molecular weight excluding hydrogens is 310 g/mol. The Morgan fingerprint density at radius 1 is 1.28 bits per heavy atom. The van der Waals surface area contributed by atoms with Gasteiger partial charge in [0.05, 0.1) is 16.8 Å². The molecule has 1 heterocycles. The zero-order valence-corrected chi connectivity index (χ0v) is 12.9. The van der Waals surface area contributed by atoms with Crippen LogP contribution < -0.4 is 0 Å². The van der Waals surface area contributed by atoms with Crippen molar-refractivity contribution in [2.45, 2.75) is 32.8 Å². The van der Waals surface area contributed by atoms with E-state index in [2.05, 4.69) is 27.8 Å². The lowest BCUT2D eigenvalue weighted by Gasteiger charge is -2.10. The highest BCUT2D eigenvalue weighted by Gasteiger charge is 2.12. The van der Waals surface area contributed by atoms with E-state index in [1.165, 1.54) is 4.88 Å². The summed E-state index contributed by atoms with van der Waals surface area (Å²) < 4.78 is 1.05. The molecule has 2 nitrogen and oxygen atoms in total. The summed E-state index contributed by atoms with van der Waals surface area (Å²) >= 11 is 5.18. The third kappa shape index (κ3) is 3.40. The van der Waals surface area contributed by atoms with Crippen LogP contribution in [0.2, 0.25) is 0 Å². The molecule has 0 saturated carbocycles. The number of rotatable bonds is 4. The summed E-state index contributed by atoms with van der Waals surface area (Å²) in [5, 5.41) is 11.1. The quantitative estimate of drug-likeness (QED) is 0.930. The second kappa shape index (κ2) is 5.95. The Morgan fingerprint density at radius 3 is 2.61 bits per heavy atom. The smallest absolute Gasteiger partial charge is 0.0956 e. The number of aliphatic hydroxyl groups excluding tert-OH is 1. The molecule has 0 aliphatic carbocycles. The van der Waals surface area contributed by atoms with Gasteiger partial charge in [-0.05, 0) is 31.9 Å². The predicted octanol–water partition coefficient (Wildman–Crippen LogP) is 3.67. The lowest BCUT2D eigenvalue weighted by atomic mass is 10.1. The highest BCUT2D eigenvalue weighted by atomic mass is 79.9. The van der Waals surface area contributed by atoms with Gasteiger partial charge in [0, 0.05) is 15.8 Å². The molecular formula is C14H16BrNOS. The minimum atomic E-state index is -0.381. The van der Waals surface area contributed by atoms with Crippen LogP contribution in [-0.4, -0.2) is 16.2 Å². The van der Waals surface area contributed by atoms with Crippen molar-refractivity contribution in [3.8, 4) is 0 Å². The van der Waals surface area contributed by atoms with Crippen LogP contribution in [0.1, 0.15) is 21.1 Å². The van der Waals surface area contributed by atoms with E-state index < -0.39 is 0 Å². The minimum absolute atomic E-state index is 0.381. The molecule has 0 aliphatic heterocycles. The van der Waals surface area contributed by atoms with Gasteiger partial charge in [-0.1, -0.05) is 34.1 Å². The summed E-state index contributed by atoms with van der Waals surface area (Å²) in [5.41, 5.74) is 2.21. The number of aliphatic hydroxyl groups is 1. The summed E-state index contributed by atoms with van der Waals surface area (Å²) in [5.74, 6) is 0. The minimum Gasteiger partial charge on any atom is -0.392 e. The molecule has 1 N–H and O–H groups in total. The maximum atomic E-state index is 10.1. The predicted molar refractivity (Wildman–Crippen MR) is 79.1 cm³/mol. The van der Waals surface area contributed by atoms with Crippen LogP contribution in [-0.2, 0) is 12.8 Å². The number of nitrogens with zero attached hydrogens (tertiary/aromatic N) is 1. The second-order valence-corrected chi connectivity index (χ2v) is 6.54. The molecule has 1 aromatic heterocycles. The Labute approximate surface area is 120 Å². The zero-order valence-electron chi connectivity index (χ0n) is 10.5. The number of hydrogen-bond donors (Lipinski definition) is 1. The van der Waals surface area contributed by atoms with Crippen molar-refractivity contribution in [1.29, 1.82) is 0 Å². The first kappa shape index (κ1) is 13.7. The number of thiazole rings is 1. The Hall–Kier alpha value is -0.710. The zero-order chi connectivity index (χ0) is 13.1. The Bertz CT molecular complexity index is 519. The van der Waals surface area contributed by atoms with Crippen molar-refractivity contribution < 1.29 is 5.11 Å². The van der Waals surface area contributed by atoms with E-state index in [1.54, 1.807) is 11.3 Å². The fourth-order valence-electron chi connectivity index (χ4n) is 1.82. The first-order chi connectivity index (χ1) is 8.56. The molecule has 0 aliphatic rings. The molecule has 0 radical (unpaired) electrons. The number of benzene rings is 1. The van der Waals surface area contributed by atoms with Crippen LogP contribution in [0.5, 0.6) is 0 Å². The van der Waals surface area contributed by atoms with Gasteiger partial charge in [-0.15, -0.1) is 11.3 Å². The van der Waals surface area contributed by atoms with Gasteiger partial charge in [0.2, 0.25) is 0 Å². The molecule has 0 saturated heterocycles. The summed E-state index contributed by atoms with van der Waals surface area (Å²) in [4.78, 5) is 5.70. The monoisotopic (exact) mass is 325 g/mol. The first-order valence-electron chi connectivity index (χ1n) is 5.90. The van der Waals surface area contributed by atoms with Crippen molar-refractivity contribution in [3.05, 3.63) is 49.9 Å². The molecule has 0 amide bonds. The third-order valence-corrected chi connectivity index (χ3v) is 4.77. The molecule has 2 rings (SSSR count). The first-order valence-corrected chi connectivity index (χ1v) is 7.51. The third-order valence-electron chi connectivity index (χ3n) is 2.90. The fourth-order valence-corrected chi connectivity index (χ4v) is 3.27. The van der Waals surface area contributed by atoms with Crippen LogP contribution in [0, 0.1) is 13.8 Å². The average molecular weight is 326 g/mol. The van der Waals surface area contributed by atoms with Gasteiger partial charge in [0.25, 0.3) is 0 Å². The van der Waals surface area contributed by atoms with E-state index >= 15 is 0 Å². The molecule has 2 aromatic rings. The normalized spacial score (nSPS) is 12.7. The molecule has 1 aromatic carbocycles. The van der Waals surface area contributed by atoms with Crippen LogP contribution in [0.15, 0.2) is 28.7 Å². The number of aromatic nitrogens is 1.